The topological polar surface area (TPSA) is 58.6 Å². The molecule has 1 aromatic carbocycles. The fraction of sp³-hybridized carbons (Fsp3) is 0.286. The highest BCUT2D eigenvalue weighted by atomic mass is 32.2. The number of ether oxygens (including phenoxy) is 1. The molecule has 0 saturated heterocycles. The van der Waals surface area contributed by atoms with E-state index in [0.29, 0.717) is 12.2 Å². The van der Waals surface area contributed by atoms with Gasteiger partial charge in [0.25, 0.3) is 0 Å². The van der Waals surface area contributed by atoms with Crippen molar-refractivity contribution in [1.82, 2.24) is 4.90 Å². The molecule has 0 aliphatic carbocycles. The van der Waals surface area contributed by atoms with E-state index >= 15 is 0 Å². The predicted octanol–water partition coefficient (Wildman–Crippen LogP) is 2.67. The summed E-state index contributed by atoms with van der Waals surface area (Å²) in [6, 6.07) is 8.81. The van der Waals surface area contributed by atoms with Crippen LogP contribution in [0.25, 0.3) is 0 Å². The Morgan fingerprint density at radius 2 is 2.10 bits per heavy atom. The number of rotatable bonds is 3. The van der Waals surface area contributed by atoms with Gasteiger partial charge in [0.1, 0.15) is 5.70 Å². The van der Waals surface area contributed by atoms with E-state index in [1.807, 2.05) is 18.2 Å². The summed E-state index contributed by atoms with van der Waals surface area (Å²) in [5.74, 6) is 0.286. The summed E-state index contributed by atoms with van der Waals surface area (Å²) in [7, 11) is 0. The number of amides is 2. The van der Waals surface area contributed by atoms with Crippen LogP contribution in [0.2, 0.25) is 0 Å². The summed E-state index contributed by atoms with van der Waals surface area (Å²) in [4.78, 5) is 25.5. The number of para-hydroxylation sites is 1. The van der Waals surface area contributed by atoms with E-state index in [4.69, 9.17) is 4.74 Å². The van der Waals surface area contributed by atoms with Gasteiger partial charge in [-0.3, -0.25) is 4.90 Å². The van der Waals surface area contributed by atoms with Gasteiger partial charge in [0.2, 0.25) is 0 Å². The molecular weight excluding hydrogens is 276 g/mol. The van der Waals surface area contributed by atoms with Gasteiger partial charge in [-0.15, -0.1) is 11.8 Å². The zero-order valence-corrected chi connectivity index (χ0v) is 12.0. The van der Waals surface area contributed by atoms with E-state index in [0.717, 1.165) is 5.75 Å². The van der Waals surface area contributed by atoms with E-state index in [9.17, 15) is 9.59 Å². The van der Waals surface area contributed by atoms with Gasteiger partial charge in [-0.05, 0) is 19.1 Å². The maximum atomic E-state index is 12.2. The van der Waals surface area contributed by atoms with Gasteiger partial charge in [-0.2, -0.15) is 0 Å². The molecule has 0 radical (unpaired) electrons. The molecule has 0 atom stereocenters. The van der Waals surface area contributed by atoms with Crippen molar-refractivity contribution in [2.24, 2.45) is 0 Å². The predicted molar refractivity (Wildman–Crippen MR) is 79.3 cm³/mol. The molecule has 1 heterocycles. The van der Waals surface area contributed by atoms with Crippen LogP contribution in [0.15, 0.2) is 41.4 Å². The van der Waals surface area contributed by atoms with Gasteiger partial charge in [0, 0.05) is 23.4 Å². The first kappa shape index (κ1) is 14.5. The molecule has 106 valence electrons. The lowest BCUT2D eigenvalue weighted by Gasteiger charge is -2.27. The van der Waals surface area contributed by atoms with Crippen molar-refractivity contribution < 1.29 is 14.3 Å². The van der Waals surface area contributed by atoms with Crippen molar-refractivity contribution in [2.75, 3.05) is 24.2 Å². The van der Waals surface area contributed by atoms with Crippen LogP contribution in [0.5, 0.6) is 0 Å². The average Bonchev–Trinajstić information content (AvgIpc) is 2.48. The highest BCUT2D eigenvalue weighted by Gasteiger charge is 2.27. The molecule has 0 spiro atoms. The fourth-order valence-corrected chi connectivity index (χ4v) is 2.54. The van der Waals surface area contributed by atoms with Crippen LogP contribution in [0.1, 0.15) is 6.92 Å². The normalized spacial score (nSPS) is 14.4. The Morgan fingerprint density at radius 1 is 1.35 bits per heavy atom. The summed E-state index contributed by atoms with van der Waals surface area (Å²) in [5, 5.41) is 4.44. The molecule has 6 heteroatoms. The van der Waals surface area contributed by atoms with Crippen LogP contribution < -0.4 is 5.32 Å². The number of nitrogens with one attached hydrogen (secondary N) is 1. The monoisotopic (exact) mass is 292 g/mol. The number of urea groups is 1. The van der Waals surface area contributed by atoms with Crippen LogP contribution in [0.3, 0.4) is 0 Å². The molecule has 2 amide bonds. The van der Waals surface area contributed by atoms with Crippen molar-refractivity contribution >= 4 is 29.4 Å². The molecule has 2 rings (SSSR count). The maximum absolute atomic E-state index is 12.2. The van der Waals surface area contributed by atoms with Gasteiger partial charge in [-0.1, -0.05) is 18.2 Å². The summed E-state index contributed by atoms with van der Waals surface area (Å²) in [5.41, 5.74) is 0.982. The summed E-state index contributed by atoms with van der Waals surface area (Å²) in [6.07, 6.45) is 0. The summed E-state index contributed by atoms with van der Waals surface area (Å²) >= 11 is 1.50. The van der Waals surface area contributed by atoms with E-state index in [1.54, 1.807) is 24.5 Å². The fourth-order valence-electron chi connectivity index (χ4n) is 1.75. The minimum Gasteiger partial charge on any atom is -0.461 e. The molecule has 20 heavy (non-hydrogen) atoms. The van der Waals surface area contributed by atoms with E-state index in [-0.39, 0.29) is 18.3 Å². The number of anilines is 1. The molecule has 0 aromatic heterocycles. The quantitative estimate of drug-likeness (QED) is 0.870. The van der Waals surface area contributed by atoms with Gasteiger partial charge in [-0.25, -0.2) is 9.59 Å². The lowest BCUT2D eigenvalue weighted by atomic mass is 10.3. The lowest BCUT2D eigenvalue weighted by molar-refractivity contribution is -0.139. The van der Waals surface area contributed by atoms with Crippen LogP contribution in [0.4, 0.5) is 10.5 Å². The first-order valence-electron chi connectivity index (χ1n) is 6.35. The number of carbonyl (C=O) groups excluding carboxylic acids is 2. The standard InChI is InChI=1S/C14H16N2O3S/c1-2-19-13(17)12-10-20-9-8-16(12)14(18)15-11-6-4-3-5-7-11/h3-7,10H,2,8-9H2,1H3,(H,15,18). The van der Waals surface area contributed by atoms with Gasteiger partial charge < -0.3 is 10.1 Å². The third kappa shape index (κ3) is 3.54. The first-order valence-corrected chi connectivity index (χ1v) is 7.39. The maximum Gasteiger partial charge on any atom is 0.355 e. The summed E-state index contributed by atoms with van der Waals surface area (Å²) in [6.45, 7) is 2.51. The Kier molecular flexibility index (Phi) is 5.06. The van der Waals surface area contributed by atoms with E-state index < -0.39 is 5.97 Å². The molecule has 1 N–H and O–H groups in total. The second-order valence-electron chi connectivity index (χ2n) is 4.04. The Bertz CT molecular complexity index is 516. The molecule has 1 aromatic rings. The SMILES string of the molecule is CCOC(=O)C1=CSCCN1C(=O)Nc1ccccc1. The van der Waals surface area contributed by atoms with Gasteiger partial charge in [0.15, 0.2) is 0 Å². The molecule has 0 fully saturated rings. The highest BCUT2D eigenvalue weighted by molar-refractivity contribution is 8.02. The number of carbonyl (C=O) groups is 2. The van der Waals surface area contributed by atoms with Crippen LogP contribution in [0, 0.1) is 0 Å². The van der Waals surface area contributed by atoms with Crippen LogP contribution in [-0.2, 0) is 9.53 Å². The van der Waals surface area contributed by atoms with Crippen molar-refractivity contribution in [2.45, 2.75) is 6.92 Å². The van der Waals surface area contributed by atoms with E-state index in [2.05, 4.69) is 5.32 Å². The van der Waals surface area contributed by atoms with E-state index in [1.165, 1.54) is 16.7 Å². The number of benzene rings is 1. The smallest absolute Gasteiger partial charge is 0.355 e. The van der Waals surface area contributed by atoms with Crippen molar-refractivity contribution in [3.8, 4) is 0 Å². The second-order valence-corrected chi connectivity index (χ2v) is 5.02. The average molecular weight is 292 g/mol. The minimum absolute atomic E-state index is 0.287. The van der Waals surface area contributed by atoms with Gasteiger partial charge in [0.05, 0.1) is 6.61 Å². The molecule has 1 aliphatic rings. The largest absolute Gasteiger partial charge is 0.461 e. The zero-order chi connectivity index (χ0) is 14.4. The molecule has 1 aliphatic heterocycles. The molecular formula is C14H16N2O3S. The molecule has 0 bridgehead atoms. The minimum atomic E-state index is -0.470. The van der Waals surface area contributed by atoms with Crippen molar-refractivity contribution in [3.05, 3.63) is 41.4 Å². The third-order valence-corrected chi connectivity index (χ3v) is 3.48. The molecule has 0 saturated carbocycles. The Morgan fingerprint density at radius 3 is 2.80 bits per heavy atom. The lowest BCUT2D eigenvalue weighted by Crippen LogP contribution is -2.40. The Labute approximate surface area is 122 Å². The van der Waals surface area contributed by atoms with Crippen molar-refractivity contribution in [3.63, 3.8) is 0 Å². The molecule has 5 nitrogen and oxygen atoms in total. The van der Waals surface area contributed by atoms with Crippen LogP contribution >= 0.6 is 11.8 Å². The molecule has 0 unspecified atom stereocenters. The number of esters is 1. The Balaban J connectivity index is 2.09. The van der Waals surface area contributed by atoms with Crippen molar-refractivity contribution in [1.29, 1.82) is 0 Å². The number of hydrogen-bond acceptors (Lipinski definition) is 4. The third-order valence-electron chi connectivity index (χ3n) is 2.67. The number of nitrogens with zero attached hydrogens (tertiary/aromatic N) is 1. The number of hydrogen-bond donors (Lipinski definition) is 1. The number of thioether (sulfide) groups is 1. The summed E-state index contributed by atoms with van der Waals surface area (Å²) < 4.78 is 4.97. The Hall–Kier alpha value is -1.95. The second kappa shape index (κ2) is 7.00. The highest BCUT2D eigenvalue weighted by Crippen LogP contribution is 2.21. The first-order chi connectivity index (χ1) is 9.72. The van der Waals surface area contributed by atoms with Gasteiger partial charge >= 0.3 is 12.0 Å². The zero-order valence-electron chi connectivity index (χ0n) is 11.2. The van der Waals surface area contributed by atoms with Crippen LogP contribution in [-0.4, -0.2) is 35.8 Å².